The van der Waals surface area contributed by atoms with Crippen LogP contribution in [0.25, 0.3) is 0 Å². The number of nitrogens with zero attached hydrogens (tertiary/aromatic N) is 5. The Balaban J connectivity index is 1.77. The molecule has 7 heteroatoms. The molecule has 0 bridgehead atoms. The van der Waals surface area contributed by atoms with Gasteiger partial charge in [-0.1, -0.05) is 12.1 Å². The lowest BCUT2D eigenvalue weighted by molar-refractivity contribution is 0.0560. The van der Waals surface area contributed by atoms with Gasteiger partial charge in [-0.05, 0) is 38.8 Å². The predicted octanol–water partition coefficient (Wildman–Crippen LogP) is 2.26. The van der Waals surface area contributed by atoms with E-state index >= 15 is 0 Å². The van der Waals surface area contributed by atoms with Gasteiger partial charge in [-0.2, -0.15) is 5.10 Å². The Morgan fingerprint density at radius 3 is 2.88 bits per heavy atom. The van der Waals surface area contributed by atoms with E-state index in [9.17, 15) is 4.79 Å². The van der Waals surface area contributed by atoms with E-state index in [0.717, 1.165) is 31.6 Å². The largest absolute Gasteiger partial charge is 0.351 e. The highest BCUT2D eigenvalue weighted by Gasteiger charge is 2.34. The summed E-state index contributed by atoms with van der Waals surface area (Å²) in [6.45, 7) is 6.78. The minimum Gasteiger partial charge on any atom is -0.351 e. The van der Waals surface area contributed by atoms with E-state index < -0.39 is 0 Å². The number of hydrogen-bond donors (Lipinski definition) is 0. The van der Waals surface area contributed by atoms with Gasteiger partial charge in [0.15, 0.2) is 0 Å². The SMILES string of the molecule is CCN1CCC[C@@H](CN(C)C(=O)c2cc(C)no2)[C@@H]1c1cnn(C)c1. The molecule has 25 heavy (non-hydrogen) atoms. The fourth-order valence-electron chi connectivity index (χ4n) is 3.86. The van der Waals surface area contributed by atoms with Gasteiger partial charge in [0.25, 0.3) is 5.91 Å². The molecule has 0 spiro atoms. The minimum atomic E-state index is -0.112. The average molecular weight is 345 g/mol. The van der Waals surface area contributed by atoms with Crippen molar-refractivity contribution in [3.05, 3.63) is 35.5 Å². The maximum Gasteiger partial charge on any atom is 0.292 e. The molecule has 0 saturated carbocycles. The molecule has 3 rings (SSSR count). The molecule has 1 aliphatic heterocycles. The average Bonchev–Trinajstić information content (AvgIpc) is 3.22. The van der Waals surface area contributed by atoms with Crippen molar-refractivity contribution in [2.45, 2.75) is 32.7 Å². The van der Waals surface area contributed by atoms with Gasteiger partial charge in [0.2, 0.25) is 5.76 Å². The maximum absolute atomic E-state index is 12.6. The standard InChI is InChI=1S/C18H27N5O2/c1-5-23-8-6-7-14(17(23)15-10-19-22(4)12-15)11-21(3)18(24)16-9-13(2)20-25-16/h9-10,12,14,17H,5-8,11H2,1-4H3/t14-,17+/m0/s1. The third-order valence-corrected chi connectivity index (χ3v) is 5.03. The number of carbonyl (C=O) groups excluding carboxylic acids is 1. The Hall–Kier alpha value is -2.15. The Morgan fingerprint density at radius 1 is 1.48 bits per heavy atom. The third-order valence-electron chi connectivity index (χ3n) is 5.03. The third kappa shape index (κ3) is 3.76. The van der Waals surface area contributed by atoms with Crippen molar-refractivity contribution in [3.8, 4) is 0 Å². The van der Waals surface area contributed by atoms with Gasteiger partial charge in [0, 0.05) is 44.5 Å². The zero-order chi connectivity index (χ0) is 18.0. The van der Waals surface area contributed by atoms with Crippen LogP contribution in [0.1, 0.15) is 47.6 Å². The predicted molar refractivity (Wildman–Crippen MR) is 94.1 cm³/mol. The second kappa shape index (κ2) is 7.39. The van der Waals surface area contributed by atoms with Crippen molar-refractivity contribution >= 4 is 5.91 Å². The molecule has 0 unspecified atom stereocenters. The van der Waals surface area contributed by atoms with E-state index in [1.807, 2.05) is 31.9 Å². The van der Waals surface area contributed by atoms with Crippen LogP contribution in [0.15, 0.2) is 23.0 Å². The van der Waals surface area contributed by atoms with E-state index in [-0.39, 0.29) is 5.91 Å². The van der Waals surface area contributed by atoms with Gasteiger partial charge in [-0.15, -0.1) is 0 Å². The smallest absolute Gasteiger partial charge is 0.292 e. The first-order chi connectivity index (χ1) is 12.0. The Labute approximate surface area is 148 Å². The summed E-state index contributed by atoms with van der Waals surface area (Å²) in [5.74, 6) is 0.566. The van der Waals surface area contributed by atoms with Crippen LogP contribution in [0, 0.1) is 12.8 Å². The molecule has 0 radical (unpaired) electrons. The van der Waals surface area contributed by atoms with E-state index in [4.69, 9.17) is 4.52 Å². The van der Waals surface area contributed by atoms with E-state index in [0.29, 0.717) is 24.3 Å². The van der Waals surface area contributed by atoms with Crippen LogP contribution in [0.5, 0.6) is 0 Å². The summed E-state index contributed by atoms with van der Waals surface area (Å²) in [6.07, 6.45) is 6.29. The quantitative estimate of drug-likeness (QED) is 0.831. The van der Waals surface area contributed by atoms with Crippen molar-refractivity contribution in [1.82, 2.24) is 24.7 Å². The van der Waals surface area contributed by atoms with E-state index in [2.05, 4.69) is 28.3 Å². The first-order valence-electron chi connectivity index (χ1n) is 8.91. The number of rotatable bonds is 5. The summed E-state index contributed by atoms with van der Waals surface area (Å²) in [6, 6.07) is 1.98. The summed E-state index contributed by atoms with van der Waals surface area (Å²) in [4.78, 5) is 16.8. The molecule has 2 aromatic rings. The number of likely N-dealkylation sites (tertiary alicyclic amines) is 1. The lowest BCUT2D eigenvalue weighted by Crippen LogP contribution is -2.43. The molecule has 2 atom stereocenters. The van der Waals surface area contributed by atoms with Crippen molar-refractivity contribution in [2.24, 2.45) is 13.0 Å². The Kier molecular flexibility index (Phi) is 5.22. The minimum absolute atomic E-state index is 0.112. The molecule has 1 aliphatic rings. The summed E-state index contributed by atoms with van der Waals surface area (Å²) >= 11 is 0. The van der Waals surface area contributed by atoms with Crippen LogP contribution in [0.3, 0.4) is 0 Å². The second-order valence-corrected chi connectivity index (χ2v) is 6.94. The topological polar surface area (TPSA) is 67.4 Å². The molecular weight excluding hydrogens is 318 g/mol. The number of aryl methyl sites for hydroxylation is 2. The number of hydrogen-bond acceptors (Lipinski definition) is 5. The number of carbonyl (C=O) groups is 1. The number of amides is 1. The Morgan fingerprint density at radius 2 is 2.28 bits per heavy atom. The lowest BCUT2D eigenvalue weighted by Gasteiger charge is -2.41. The van der Waals surface area contributed by atoms with Crippen LogP contribution < -0.4 is 0 Å². The number of aromatic nitrogens is 3. The molecule has 1 fully saturated rings. The van der Waals surface area contributed by atoms with Crippen LogP contribution in [-0.4, -0.2) is 57.3 Å². The molecule has 2 aromatic heterocycles. The lowest BCUT2D eigenvalue weighted by atomic mass is 9.85. The van der Waals surface area contributed by atoms with Crippen molar-refractivity contribution in [2.75, 3.05) is 26.7 Å². The normalized spacial score (nSPS) is 21.4. The monoisotopic (exact) mass is 345 g/mol. The van der Waals surface area contributed by atoms with Crippen molar-refractivity contribution < 1.29 is 9.32 Å². The van der Waals surface area contributed by atoms with Gasteiger partial charge in [0.05, 0.1) is 11.9 Å². The van der Waals surface area contributed by atoms with E-state index in [1.54, 1.807) is 11.0 Å². The zero-order valence-electron chi connectivity index (χ0n) is 15.5. The second-order valence-electron chi connectivity index (χ2n) is 6.94. The first kappa shape index (κ1) is 17.7. The summed E-state index contributed by atoms with van der Waals surface area (Å²) in [5, 5.41) is 8.16. The highest BCUT2D eigenvalue weighted by Crippen LogP contribution is 2.36. The fourth-order valence-corrected chi connectivity index (χ4v) is 3.86. The molecule has 1 amide bonds. The van der Waals surface area contributed by atoms with Gasteiger partial charge in [-0.3, -0.25) is 14.4 Å². The molecule has 1 saturated heterocycles. The molecular formula is C18H27N5O2. The van der Waals surface area contributed by atoms with Gasteiger partial charge in [0.1, 0.15) is 0 Å². The summed E-state index contributed by atoms with van der Waals surface area (Å²) in [5.41, 5.74) is 1.95. The van der Waals surface area contributed by atoms with Crippen LogP contribution in [-0.2, 0) is 7.05 Å². The summed E-state index contributed by atoms with van der Waals surface area (Å²) in [7, 11) is 3.78. The van der Waals surface area contributed by atoms with Crippen molar-refractivity contribution in [3.63, 3.8) is 0 Å². The molecule has 0 aliphatic carbocycles. The molecule has 0 N–H and O–H groups in total. The van der Waals surface area contributed by atoms with Crippen LogP contribution in [0.4, 0.5) is 0 Å². The van der Waals surface area contributed by atoms with Gasteiger partial charge in [-0.25, -0.2) is 0 Å². The van der Waals surface area contributed by atoms with E-state index in [1.165, 1.54) is 5.56 Å². The summed E-state index contributed by atoms with van der Waals surface area (Å²) < 4.78 is 6.98. The zero-order valence-corrected chi connectivity index (χ0v) is 15.5. The fraction of sp³-hybridized carbons (Fsp3) is 0.611. The van der Waals surface area contributed by atoms with Crippen LogP contribution >= 0.6 is 0 Å². The highest BCUT2D eigenvalue weighted by atomic mass is 16.5. The van der Waals surface area contributed by atoms with Crippen molar-refractivity contribution in [1.29, 1.82) is 0 Å². The highest BCUT2D eigenvalue weighted by molar-refractivity contribution is 5.91. The number of piperidine rings is 1. The molecule has 3 heterocycles. The maximum atomic E-state index is 12.6. The van der Waals surface area contributed by atoms with Gasteiger partial charge >= 0.3 is 0 Å². The molecule has 136 valence electrons. The Bertz CT molecular complexity index is 723. The first-order valence-corrected chi connectivity index (χ1v) is 8.91. The molecule has 0 aromatic carbocycles. The molecule has 7 nitrogen and oxygen atoms in total. The van der Waals surface area contributed by atoms with Crippen LogP contribution in [0.2, 0.25) is 0 Å². The van der Waals surface area contributed by atoms with Gasteiger partial charge < -0.3 is 9.42 Å².